The Labute approximate surface area is 98.6 Å². The fourth-order valence-corrected chi connectivity index (χ4v) is 1.71. The predicted octanol–water partition coefficient (Wildman–Crippen LogP) is 3.47. The van der Waals surface area contributed by atoms with Gasteiger partial charge in [-0.15, -0.1) is 0 Å². The first-order valence-corrected chi connectivity index (χ1v) is 5.74. The first-order valence-electron chi connectivity index (χ1n) is 5.74. The fraction of sp³-hybridized carbons (Fsp3) is 0.417. The molecule has 90 valence electrons. The van der Waals surface area contributed by atoms with Crippen LogP contribution in [0.25, 0.3) is 11.1 Å². The second-order valence-electron chi connectivity index (χ2n) is 3.97. The third-order valence-electron chi connectivity index (χ3n) is 2.62. The number of fused-ring (bicyclic) bond motifs is 1. The number of unbranched alkanes of at least 4 members (excludes halogenated alkanes) is 2. The van der Waals surface area contributed by atoms with E-state index in [9.17, 15) is 10.1 Å². The lowest BCUT2D eigenvalue weighted by Crippen LogP contribution is -1.86. The summed E-state index contributed by atoms with van der Waals surface area (Å²) in [6, 6.07) is 4.49. The van der Waals surface area contributed by atoms with Crippen molar-refractivity contribution in [3.05, 3.63) is 34.2 Å². The Morgan fingerprint density at radius 3 is 2.94 bits per heavy atom. The van der Waals surface area contributed by atoms with E-state index >= 15 is 0 Å². The highest BCUT2D eigenvalue weighted by Crippen LogP contribution is 2.22. The molecule has 0 N–H and O–H groups in total. The van der Waals surface area contributed by atoms with E-state index in [2.05, 4.69) is 11.9 Å². The quantitative estimate of drug-likeness (QED) is 0.451. The molecule has 2 aromatic rings. The van der Waals surface area contributed by atoms with Gasteiger partial charge in [-0.1, -0.05) is 19.8 Å². The molecule has 5 nitrogen and oxygen atoms in total. The molecular weight excluding hydrogens is 220 g/mol. The molecule has 2 rings (SSSR count). The molecule has 1 aromatic heterocycles. The number of aromatic nitrogens is 1. The van der Waals surface area contributed by atoms with Gasteiger partial charge in [0.1, 0.15) is 5.52 Å². The van der Waals surface area contributed by atoms with Crippen molar-refractivity contribution in [2.75, 3.05) is 0 Å². The molecule has 5 heteroatoms. The van der Waals surface area contributed by atoms with Gasteiger partial charge in [-0.25, -0.2) is 4.98 Å². The van der Waals surface area contributed by atoms with Crippen LogP contribution in [0.2, 0.25) is 0 Å². The maximum Gasteiger partial charge on any atom is 0.273 e. The number of non-ortho nitro benzene ring substituents is 1. The number of oxazole rings is 1. The number of nitro benzene ring substituents is 1. The molecule has 0 fully saturated rings. The van der Waals surface area contributed by atoms with Crippen molar-refractivity contribution in [2.24, 2.45) is 0 Å². The zero-order chi connectivity index (χ0) is 12.3. The van der Waals surface area contributed by atoms with Gasteiger partial charge in [0.05, 0.1) is 11.0 Å². The monoisotopic (exact) mass is 234 g/mol. The lowest BCUT2D eigenvalue weighted by Gasteiger charge is -1.92. The standard InChI is InChI=1S/C12H14N2O3/c1-2-3-4-5-12-13-10-7-6-9(14(15)16)8-11(10)17-12/h6-8H,2-5H2,1H3. The van der Waals surface area contributed by atoms with Crippen LogP contribution in [-0.2, 0) is 6.42 Å². The molecule has 0 bridgehead atoms. The molecule has 17 heavy (non-hydrogen) atoms. The Kier molecular flexibility index (Phi) is 3.37. The van der Waals surface area contributed by atoms with Crippen LogP contribution in [0.1, 0.15) is 32.1 Å². The number of hydrogen-bond donors (Lipinski definition) is 0. The van der Waals surface area contributed by atoms with Crippen molar-refractivity contribution in [3.63, 3.8) is 0 Å². The van der Waals surface area contributed by atoms with Gasteiger partial charge in [-0.05, 0) is 12.5 Å². The number of hydrogen-bond acceptors (Lipinski definition) is 4. The molecular formula is C12H14N2O3. The van der Waals surface area contributed by atoms with Crippen molar-refractivity contribution in [3.8, 4) is 0 Å². The van der Waals surface area contributed by atoms with E-state index in [1.807, 2.05) is 0 Å². The van der Waals surface area contributed by atoms with Crippen molar-refractivity contribution < 1.29 is 9.34 Å². The van der Waals surface area contributed by atoms with Crippen LogP contribution in [0.3, 0.4) is 0 Å². The fourth-order valence-electron chi connectivity index (χ4n) is 1.71. The maximum absolute atomic E-state index is 10.6. The van der Waals surface area contributed by atoms with E-state index in [0.29, 0.717) is 17.0 Å². The van der Waals surface area contributed by atoms with Crippen LogP contribution >= 0.6 is 0 Å². The predicted molar refractivity (Wildman–Crippen MR) is 63.9 cm³/mol. The van der Waals surface area contributed by atoms with Gasteiger partial charge in [0.15, 0.2) is 11.5 Å². The number of benzene rings is 1. The summed E-state index contributed by atoms with van der Waals surface area (Å²) >= 11 is 0. The van der Waals surface area contributed by atoms with Crippen molar-refractivity contribution >= 4 is 16.8 Å². The second-order valence-corrected chi connectivity index (χ2v) is 3.97. The summed E-state index contributed by atoms with van der Waals surface area (Å²) in [6.07, 6.45) is 4.10. The Morgan fingerprint density at radius 2 is 2.24 bits per heavy atom. The van der Waals surface area contributed by atoms with Gasteiger partial charge in [0.25, 0.3) is 5.69 Å². The molecule has 0 aliphatic carbocycles. The Balaban J connectivity index is 2.21. The van der Waals surface area contributed by atoms with Crippen LogP contribution in [0, 0.1) is 10.1 Å². The highest BCUT2D eigenvalue weighted by atomic mass is 16.6. The van der Waals surface area contributed by atoms with Gasteiger partial charge in [0.2, 0.25) is 0 Å². The van der Waals surface area contributed by atoms with Crippen LogP contribution in [0.5, 0.6) is 0 Å². The second kappa shape index (κ2) is 4.95. The van der Waals surface area contributed by atoms with E-state index in [-0.39, 0.29) is 5.69 Å². The SMILES string of the molecule is CCCCCc1nc2ccc([N+](=O)[O-])cc2o1. The van der Waals surface area contributed by atoms with Crippen LogP contribution in [0.4, 0.5) is 5.69 Å². The molecule has 0 aliphatic heterocycles. The van der Waals surface area contributed by atoms with Crippen LogP contribution in [-0.4, -0.2) is 9.91 Å². The molecule has 0 atom stereocenters. The summed E-state index contributed by atoms with van der Waals surface area (Å²) in [4.78, 5) is 14.5. The van der Waals surface area contributed by atoms with E-state index in [1.165, 1.54) is 12.1 Å². The first-order chi connectivity index (χ1) is 8.20. The van der Waals surface area contributed by atoms with E-state index in [4.69, 9.17) is 4.42 Å². The third-order valence-corrected chi connectivity index (χ3v) is 2.62. The summed E-state index contributed by atoms with van der Waals surface area (Å²) < 4.78 is 5.49. The minimum absolute atomic E-state index is 0.0359. The maximum atomic E-state index is 10.6. The number of nitro groups is 1. The molecule has 0 unspecified atom stereocenters. The zero-order valence-corrected chi connectivity index (χ0v) is 9.68. The molecule has 0 amide bonds. The van der Waals surface area contributed by atoms with E-state index in [0.717, 1.165) is 25.7 Å². The average molecular weight is 234 g/mol. The lowest BCUT2D eigenvalue weighted by atomic mass is 10.2. The lowest BCUT2D eigenvalue weighted by molar-refractivity contribution is -0.384. The Morgan fingerprint density at radius 1 is 1.41 bits per heavy atom. The Bertz CT molecular complexity index is 534. The molecule has 0 radical (unpaired) electrons. The smallest absolute Gasteiger partial charge is 0.273 e. The highest BCUT2D eigenvalue weighted by molar-refractivity contribution is 5.75. The first kappa shape index (κ1) is 11.6. The van der Waals surface area contributed by atoms with E-state index in [1.54, 1.807) is 6.07 Å². The third kappa shape index (κ3) is 2.61. The number of rotatable bonds is 5. The molecule has 1 heterocycles. The van der Waals surface area contributed by atoms with Gasteiger partial charge in [0, 0.05) is 12.5 Å². The molecule has 0 saturated heterocycles. The summed E-state index contributed by atoms with van der Waals surface area (Å²) in [5, 5.41) is 10.6. The van der Waals surface area contributed by atoms with Crippen molar-refractivity contribution in [2.45, 2.75) is 32.6 Å². The van der Waals surface area contributed by atoms with Crippen molar-refractivity contribution in [1.29, 1.82) is 0 Å². The minimum atomic E-state index is -0.432. The van der Waals surface area contributed by atoms with Gasteiger partial charge in [-0.3, -0.25) is 10.1 Å². The molecule has 0 saturated carbocycles. The highest BCUT2D eigenvalue weighted by Gasteiger charge is 2.11. The van der Waals surface area contributed by atoms with Gasteiger partial charge >= 0.3 is 0 Å². The summed E-state index contributed by atoms with van der Waals surface area (Å²) in [5.74, 6) is 0.661. The molecule has 1 aromatic carbocycles. The largest absolute Gasteiger partial charge is 0.440 e. The van der Waals surface area contributed by atoms with Crippen LogP contribution < -0.4 is 0 Å². The summed E-state index contributed by atoms with van der Waals surface area (Å²) in [7, 11) is 0. The Hall–Kier alpha value is -1.91. The summed E-state index contributed by atoms with van der Waals surface area (Å²) in [6.45, 7) is 2.13. The normalized spacial score (nSPS) is 10.9. The number of aryl methyl sites for hydroxylation is 1. The van der Waals surface area contributed by atoms with Gasteiger partial charge in [-0.2, -0.15) is 0 Å². The van der Waals surface area contributed by atoms with E-state index < -0.39 is 4.92 Å². The number of nitrogens with zero attached hydrogens (tertiary/aromatic N) is 2. The van der Waals surface area contributed by atoms with Crippen LogP contribution in [0.15, 0.2) is 22.6 Å². The molecule has 0 aliphatic rings. The minimum Gasteiger partial charge on any atom is -0.440 e. The molecule has 0 spiro atoms. The topological polar surface area (TPSA) is 69.2 Å². The zero-order valence-electron chi connectivity index (χ0n) is 9.68. The average Bonchev–Trinajstić information content (AvgIpc) is 2.70. The summed E-state index contributed by atoms with van der Waals surface area (Å²) in [5.41, 5.74) is 1.21. The van der Waals surface area contributed by atoms with Gasteiger partial charge < -0.3 is 4.42 Å². The van der Waals surface area contributed by atoms with Crippen molar-refractivity contribution in [1.82, 2.24) is 4.98 Å².